The van der Waals surface area contributed by atoms with Gasteiger partial charge in [-0.1, -0.05) is 0 Å². The second kappa shape index (κ2) is 7.02. The number of carbonyl (C=O) groups is 2. The maximum atomic E-state index is 10.8. The molecular formula is C14H12N2O6. The van der Waals surface area contributed by atoms with Gasteiger partial charge in [0.05, 0.1) is 11.1 Å². The largest absolute Gasteiger partial charge is 0.478 e. The Kier molecular flexibility index (Phi) is 4.86. The highest BCUT2D eigenvalue weighted by molar-refractivity contribution is 5.88. The highest BCUT2D eigenvalue weighted by atomic mass is 16.5. The van der Waals surface area contributed by atoms with Gasteiger partial charge in [-0.2, -0.15) is 0 Å². The summed E-state index contributed by atoms with van der Waals surface area (Å²) in [4.78, 5) is 29.3. The van der Waals surface area contributed by atoms with E-state index in [4.69, 9.17) is 19.7 Å². The number of hydrogen-bond donors (Lipinski definition) is 2. The van der Waals surface area contributed by atoms with E-state index in [0.29, 0.717) is 0 Å². The van der Waals surface area contributed by atoms with Crippen molar-refractivity contribution in [2.24, 2.45) is 0 Å². The minimum Gasteiger partial charge on any atom is -0.478 e. The molecule has 0 bridgehead atoms. The van der Waals surface area contributed by atoms with Gasteiger partial charge in [0.15, 0.2) is 0 Å². The molecule has 0 spiro atoms. The Bertz CT molecular complexity index is 629. The van der Waals surface area contributed by atoms with Crippen molar-refractivity contribution >= 4 is 11.9 Å². The van der Waals surface area contributed by atoms with Crippen molar-refractivity contribution in [2.75, 3.05) is 13.2 Å². The summed E-state index contributed by atoms with van der Waals surface area (Å²) in [5.74, 6) is -1.82. The second-order valence-corrected chi connectivity index (χ2v) is 4.07. The molecular weight excluding hydrogens is 292 g/mol. The first kappa shape index (κ1) is 15.2. The molecule has 0 fully saturated rings. The molecule has 0 saturated carbocycles. The maximum Gasteiger partial charge on any atom is 0.335 e. The normalized spacial score (nSPS) is 10.0. The molecule has 8 nitrogen and oxygen atoms in total. The lowest BCUT2D eigenvalue weighted by molar-refractivity contribution is 0.0685. The zero-order valence-electron chi connectivity index (χ0n) is 11.3. The molecule has 114 valence electrons. The van der Waals surface area contributed by atoms with Crippen LogP contribution in [0.15, 0.2) is 36.7 Å². The van der Waals surface area contributed by atoms with E-state index >= 15 is 0 Å². The third-order valence-electron chi connectivity index (χ3n) is 2.55. The zero-order valence-corrected chi connectivity index (χ0v) is 11.3. The van der Waals surface area contributed by atoms with Crippen LogP contribution in [0, 0.1) is 0 Å². The van der Waals surface area contributed by atoms with Crippen molar-refractivity contribution < 1.29 is 29.3 Å². The summed E-state index contributed by atoms with van der Waals surface area (Å²) < 4.78 is 10.5. The number of nitrogens with zero attached hydrogens (tertiary/aromatic N) is 2. The van der Waals surface area contributed by atoms with Crippen LogP contribution < -0.4 is 9.47 Å². The standard InChI is InChI=1S/C14H12N2O6/c17-13(18)9-1-3-15-11(7-9)21-5-6-22-12-8-10(14(19)20)2-4-16-12/h1-4,7-8H,5-6H2,(H,17,18)(H,19,20). The summed E-state index contributed by atoms with van der Waals surface area (Å²) in [6, 6.07) is 5.30. The molecule has 2 heterocycles. The minimum atomic E-state index is -1.07. The predicted molar refractivity (Wildman–Crippen MR) is 73.4 cm³/mol. The monoisotopic (exact) mass is 304 g/mol. The fourth-order valence-electron chi connectivity index (χ4n) is 1.54. The van der Waals surface area contributed by atoms with E-state index in [1.165, 1.54) is 36.7 Å². The Morgan fingerprint density at radius 3 is 1.64 bits per heavy atom. The van der Waals surface area contributed by atoms with Crippen LogP contribution >= 0.6 is 0 Å². The topological polar surface area (TPSA) is 119 Å². The Labute approximate surface area is 125 Å². The van der Waals surface area contributed by atoms with Crippen LogP contribution in [0.4, 0.5) is 0 Å². The number of aromatic carboxylic acids is 2. The Balaban J connectivity index is 1.84. The van der Waals surface area contributed by atoms with Crippen LogP contribution in [-0.2, 0) is 0 Å². The van der Waals surface area contributed by atoms with Crippen LogP contribution in [-0.4, -0.2) is 45.3 Å². The van der Waals surface area contributed by atoms with Crippen LogP contribution in [0.5, 0.6) is 11.8 Å². The third kappa shape index (κ3) is 4.17. The lowest BCUT2D eigenvalue weighted by Gasteiger charge is -2.07. The molecule has 0 aromatic carbocycles. The second-order valence-electron chi connectivity index (χ2n) is 4.07. The van der Waals surface area contributed by atoms with Crippen LogP contribution in [0.25, 0.3) is 0 Å². The average molecular weight is 304 g/mol. The van der Waals surface area contributed by atoms with E-state index in [1.54, 1.807) is 0 Å². The van der Waals surface area contributed by atoms with Gasteiger partial charge >= 0.3 is 11.9 Å². The summed E-state index contributed by atoms with van der Waals surface area (Å²) >= 11 is 0. The summed E-state index contributed by atoms with van der Waals surface area (Å²) in [7, 11) is 0. The van der Waals surface area contributed by atoms with Gasteiger partial charge in [-0.25, -0.2) is 19.6 Å². The van der Waals surface area contributed by atoms with Gasteiger partial charge in [0.2, 0.25) is 11.8 Å². The average Bonchev–Trinajstić information content (AvgIpc) is 2.52. The van der Waals surface area contributed by atoms with Gasteiger partial charge in [-0.3, -0.25) is 0 Å². The van der Waals surface area contributed by atoms with Crippen molar-refractivity contribution in [1.82, 2.24) is 9.97 Å². The van der Waals surface area contributed by atoms with E-state index in [1.807, 2.05) is 0 Å². The van der Waals surface area contributed by atoms with E-state index in [0.717, 1.165) is 0 Å². The first-order valence-electron chi connectivity index (χ1n) is 6.20. The fraction of sp³-hybridized carbons (Fsp3) is 0.143. The summed E-state index contributed by atoms with van der Waals surface area (Å²) in [5, 5.41) is 17.7. The first-order chi connectivity index (χ1) is 10.6. The van der Waals surface area contributed by atoms with Crippen molar-refractivity contribution in [2.45, 2.75) is 0 Å². The fourth-order valence-corrected chi connectivity index (χ4v) is 1.54. The molecule has 0 aliphatic carbocycles. The Morgan fingerprint density at radius 2 is 1.27 bits per heavy atom. The van der Waals surface area contributed by atoms with Gasteiger partial charge in [-0.15, -0.1) is 0 Å². The van der Waals surface area contributed by atoms with Crippen molar-refractivity contribution in [3.05, 3.63) is 47.8 Å². The third-order valence-corrected chi connectivity index (χ3v) is 2.55. The lowest BCUT2D eigenvalue weighted by atomic mass is 10.3. The number of pyridine rings is 2. The zero-order chi connectivity index (χ0) is 15.9. The molecule has 0 aliphatic heterocycles. The molecule has 0 atom stereocenters. The number of aromatic nitrogens is 2. The first-order valence-corrected chi connectivity index (χ1v) is 6.20. The molecule has 0 unspecified atom stereocenters. The van der Waals surface area contributed by atoms with Crippen LogP contribution in [0.1, 0.15) is 20.7 Å². The Hall–Kier alpha value is -3.16. The number of hydrogen-bond acceptors (Lipinski definition) is 6. The smallest absolute Gasteiger partial charge is 0.335 e. The van der Waals surface area contributed by atoms with Gasteiger partial charge in [0.25, 0.3) is 0 Å². The number of rotatable bonds is 7. The van der Waals surface area contributed by atoms with Crippen LogP contribution in [0.2, 0.25) is 0 Å². The van der Waals surface area contributed by atoms with E-state index in [-0.39, 0.29) is 36.1 Å². The van der Waals surface area contributed by atoms with Gasteiger partial charge in [0.1, 0.15) is 13.2 Å². The summed E-state index contributed by atoms with van der Waals surface area (Å²) in [6.07, 6.45) is 2.66. The molecule has 2 rings (SSSR count). The molecule has 0 amide bonds. The predicted octanol–water partition coefficient (Wildman–Crippen LogP) is 1.33. The number of carboxylic acid groups (broad SMARTS) is 2. The molecule has 8 heteroatoms. The van der Waals surface area contributed by atoms with Gasteiger partial charge in [-0.05, 0) is 12.1 Å². The number of ether oxygens (including phenoxy) is 2. The van der Waals surface area contributed by atoms with Crippen molar-refractivity contribution in [3.8, 4) is 11.8 Å². The van der Waals surface area contributed by atoms with E-state index < -0.39 is 11.9 Å². The van der Waals surface area contributed by atoms with Crippen molar-refractivity contribution in [1.29, 1.82) is 0 Å². The molecule has 2 aromatic heterocycles. The summed E-state index contributed by atoms with van der Waals surface area (Å²) in [5.41, 5.74) is 0.142. The van der Waals surface area contributed by atoms with Crippen LogP contribution in [0.3, 0.4) is 0 Å². The SMILES string of the molecule is O=C(O)c1ccnc(OCCOc2cc(C(=O)O)ccn2)c1. The highest BCUT2D eigenvalue weighted by Crippen LogP contribution is 2.11. The minimum absolute atomic E-state index is 0.0711. The molecule has 2 N–H and O–H groups in total. The molecule has 0 aliphatic rings. The van der Waals surface area contributed by atoms with Gasteiger partial charge < -0.3 is 19.7 Å². The maximum absolute atomic E-state index is 10.8. The quantitative estimate of drug-likeness (QED) is 0.735. The highest BCUT2D eigenvalue weighted by Gasteiger charge is 2.06. The molecule has 0 radical (unpaired) electrons. The van der Waals surface area contributed by atoms with Gasteiger partial charge in [0, 0.05) is 24.5 Å². The summed E-state index contributed by atoms with van der Waals surface area (Å²) in [6.45, 7) is 0.212. The van der Waals surface area contributed by atoms with Crippen molar-refractivity contribution in [3.63, 3.8) is 0 Å². The Morgan fingerprint density at radius 1 is 0.864 bits per heavy atom. The molecule has 22 heavy (non-hydrogen) atoms. The lowest BCUT2D eigenvalue weighted by Crippen LogP contribution is -2.11. The molecule has 2 aromatic rings. The molecule has 0 saturated heterocycles. The van der Waals surface area contributed by atoms with E-state index in [2.05, 4.69) is 9.97 Å². The van der Waals surface area contributed by atoms with E-state index in [9.17, 15) is 9.59 Å². The number of carboxylic acids is 2.